The van der Waals surface area contributed by atoms with Gasteiger partial charge in [0.1, 0.15) is 5.69 Å². The van der Waals surface area contributed by atoms with Crippen LogP contribution in [-0.4, -0.2) is 8.75 Å². The Kier molecular flexibility index (Phi) is 2.91. The van der Waals surface area contributed by atoms with E-state index < -0.39 is 0 Å². The van der Waals surface area contributed by atoms with Crippen molar-refractivity contribution in [3.8, 4) is 11.3 Å². The number of aryl methyl sites for hydroxylation is 1. The first-order valence-corrected chi connectivity index (χ1v) is 6.32. The summed E-state index contributed by atoms with van der Waals surface area (Å²) in [6, 6.07) is 6.43. The lowest BCUT2D eigenvalue weighted by Crippen LogP contribution is -2.11. The summed E-state index contributed by atoms with van der Waals surface area (Å²) in [4.78, 5) is 0. The Morgan fingerprint density at radius 3 is 2.35 bits per heavy atom. The number of hydrogen-bond donors (Lipinski definition) is 1. The molecule has 0 aliphatic carbocycles. The van der Waals surface area contributed by atoms with Crippen molar-refractivity contribution in [1.82, 2.24) is 8.75 Å². The van der Waals surface area contributed by atoms with Crippen LogP contribution in [0.15, 0.2) is 18.2 Å². The Balaban J connectivity index is 2.50. The second kappa shape index (κ2) is 4.11. The van der Waals surface area contributed by atoms with Crippen LogP contribution in [0.5, 0.6) is 0 Å². The van der Waals surface area contributed by atoms with Gasteiger partial charge in [0.15, 0.2) is 5.82 Å². The summed E-state index contributed by atoms with van der Waals surface area (Å²) >= 11 is 1.15. The molecule has 0 saturated carbocycles. The van der Waals surface area contributed by atoms with E-state index in [1.54, 1.807) is 0 Å². The highest BCUT2D eigenvalue weighted by Crippen LogP contribution is 2.30. The van der Waals surface area contributed by atoms with E-state index in [2.05, 4.69) is 54.6 Å². The Bertz CT molecular complexity index is 538. The lowest BCUT2D eigenvalue weighted by molar-refractivity contribution is 0.590. The highest BCUT2D eigenvalue weighted by Gasteiger charge is 2.16. The standard InChI is InChI=1S/C13H17N3S/c1-8-7-9(13(2,3)4)5-6-10(8)11-12(14)16-17-15-11/h5-7H,1-4H3,(H2,14,16). The van der Waals surface area contributed by atoms with Crippen LogP contribution >= 0.6 is 11.7 Å². The number of benzene rings is 1. The normalized spacial score (nSPS) is 11.8. The topological polar surface area (TPSA) is 51.8 Å². The Morgan fingerprint density at radius 2 is 1.88 bits per heavy atom. The molecular weight excluding hydrogens is 230 g/mol. The van der Waals surface area contributed by atoms with E-state index >= 15 is 0 Å². The molecule has 0 fully saturated rings. The highest BCUT2D eigenvalue weighted by molar-refractivity contribution is 6.99. The molecule has 0 unspecified atom stereocenters. The SMILES string of the molecule is Cc1cc(C(C)(C)C)ccc1-c1nsnc1N. The van der Waals surface area contributed by atoms with Gasteiger partial charge in [0.25, 0.3) is 0 Å². The molecule has 0 amide bonds. The van der Waals surface area contributed by atoms with Crippen molar-refractivity contribution < 1.29 is 0 Å². The van der Waals surface area contributed by atoms with E-state index in [-0.39, 0.29) is 5.41 Å². The summed E-state index contributed by atoms with van der Waals surface area (Å²) in [5.74, 6) is 0.515. The minimum atomic E-state index is 0.162. The highest BCUT2D eigenvalue weighted by atomic mass is 32.1. The molecule has 4 heteroatoms. The molecule has 17 heavy (non-hydrogen) atoms. The summed E-state index contributed by atoms with van der Waals surface area (Å²) in [5.41, 5.74) is 10.3. The summed E-state index contributed by atoms with van der Waals surface area (Å²) in [6.45, 7) is 8.71. The molecule has 0 atom stereocenters. The average molecular weight is 247 g/mol. The number of nitrogen functional groups attached to an aromatic ring is 1. The lowest BCUT2D eigenvalue weighted by atomic mass is 9.85. The van der Waals surface area contributed by atoms with Crippen molar-refractivity contribution in [3.63, 3.8) is 0 Å². The molecule has 3 nitrogen and oxygen atoms in total. The maximum atomic E-state index is 5.80. The van der Waals surface area contributed by atoms with E-state index in [9.17, 15) is 0 Å². The van der Waals surface area contributed by atoms with Gasteiger partial charge in [0.05, 0.1) is 11.7 Å². The molecule has 0 bridgehead atoms. The number of nitrogens with two attached hydrogens (primary N) is 1. The molecule has 2 aromatic rings. The fourth-order valence-corrected chi connectivity index (χ4v) is 2.27. The molecule has 0 aliphatic heterocycles. The maximum absolute atomic E-state index is 5.80. The number of anilines is 1. The molecule has 2 N–H and O–H groups in total. The first-order chi connectivity index (χ1) is 7.89. The van der Waals surface area contributed by atoms with Gasteiger partial charge in [-0.1, -0.05) is 39.0 Å². The first-order valence-electron chi connectivity index (χ1n) is 5.59. The van der Waals surface area contributed by atoms with Crippen LogP contribution in [0.4, 0.5) is 5.82 Å². The fourth-order valence-electron chi connectivity index (χ4n) is 1.78. The largest absolute Gasteiger partial charge is 0.381 e. The van der Waals surface area contributed by atoms with Crippen molar-refractivity contribution in [2.45, 2.75) is 33.1 Å². The number of hydrogen-bond acceptors (Lipinski definition) is 4. The molecule has 0 radical (unpaired) electrons. The van der Waals surface area contributed by atoms with Gasteiger partial charge in [0.2, 0.25) is 0 Å². The molecular formula is C13H17N3S. The van der Waals surface area contributed by atoms with Gasteiger partial charge < -0.3 is 5.73 Å². The zero-order valence-electron chi connectivity index (χ0n) is 10.6. The van der Waals surface area contributed by atoms with Crippen LogP contribution in [0.2, 0.25) is 0 Å². The molecule has 1 aromatic heterocycles. The van der Waals surface area contributed by atoms with E-state index in [1.807, 2.05) is 0 Å². The molecule has 1 aromatic carbocycles. The second-order valence-corrected chi connectivity index (χ2v) is 5.81. The van der Waals surface area contributed by atoms with Gasteiger partial charge in [-0.3, -0.25) is 0 Å². The third-order valence-corrected chi connectivity index (χ3v) is 3.40. The first kappa shape index (κ1) is 12.0. The molecule has 0 spiro atoms. The quantitative estimate of drug-likeness (QED) is 0.840. The summed E-state index contributed by atoms with van der Waals surface area (Å²) in [6.07, 6.45) is 0. The molecule has 1 heterocycles. The van der Waals surface area contributed by atoms with Crippen molar-refractivity contribution in [2.24, 2.45) is 0 Å². The predicted octanol–water partition coefficient (Wildman–Crippen LogP) is 3.39. The Morgan fingerprint density at radius 1 is 1.18 bits per heavy atom. The fraction of sp³-hybridized carbons (Fsp3) is 0.385. The van der Waals surface area contributed by atoms with Crippen molar-refractivity contribution in [3.05, 3.63) is 29.3 Å². The van der Waals surface area contributed by atoms with E-state index in [0.29, 0.717) is 5.82 Å². The predicted molar refractivity (Wildman–Crippen MR) is 73.2 cm³/mol. The number of rotatable bonds is 1. The minimum absolute atomic E-state index is 0.162. The molecule has 2 rings (SSSR count). The van der Waals surface area contributed by atoms with Crippen LogP contribution < -0.4 is 5.73 Å². The van der Waals surface area contributed by atoms with E-state index in [4.69, 9.17) is 5.73 Å². The van der Waals surface area contributed by atoms with E-state index in [1.165, 1.54) is 11.1 Å². The van der Waals surface area contributed by atoms with Gasteiger partial charge in [-0.2, -0.15) is 8.75 Å². The summed E-state index contributed by atoms with van der Waals surface area (Å²) in [7, 11) is 0. The van der Waals surface area contributed by atoms with E-state index in [0.717, 1.165) is 23.0 Å². The monoisotopic (exact) mass is 247 g/mol. The molecule has 90 valence electrons. The Hall–Kier alpha value is -1.42. The van der Waals surface area contributed by atoms with Gasteiger partial charge in [-0.05, 0) is 23.5 Å². The third kappa shape index (κ3) is 2.31. The lowest BCUT2D eigenvalue weighted by Gasteiger charge is -2.20. The van der Waals surface area contributed by atoms with Crippen LogP contribution in [0, 0.1) is 6.92 Å². The summed E-state index contributed by atoms with van der Waals surface area (Å²) in [5, 5.41) is 0. The van der Waals surface area contributed by atoms with Crippen molar-refractivity contribution in [2.75, 3.05) is 5.73 Å². The van der Waals surface area contributed by atoms with Crippen LogP contribution in [0.3, 0.4) is 0 Å². The van der Waals surface area contributed by atoms with Crippen molar-refractivity contribution in [1.29, 1.82) is 0 Å². The summed E-state index contributed by atoms with van der Waals surface area (Å²) < 4.78 is 8.26. The van der Waals surface area contributed by atoms with Crippen LogP contribution in [0.1, 0.15) is 31.9 Å². The number of nitrogens with zero attached hydrogens (tertiary/aromatic N) is 2. The van der Waals surface area contributed by atoms with Gasteiger partial charge in [-0.15, -0.1) is 0 Å². The average Bonchev–Trinajstić information content (AvgIpc) is 2.63. The van der Waals surface area contributed by atoms with Crippen LogP contribution in [0.25, 0.3) is 11.3 Å². The van der Waals surface area contributed by atoms with Crippen molar-refractivity contribution >= 4 is 17.5 Å². The van der Waals surface area contributed by atoms with Gasteiger partial charge in [-0.25, -0.2) is 0 Å². The van der Waals surface area contributed by atoms with Crippen LogP contribution in [-0.2, 0) is 5.41 Å². The minimum Gasteiger partial charge on any atom is -0.381 e. The number of aromatic nitrogens is 2. The third-order valence-electron chi connectivity index (χ3n) is 2.86. The zero-order chi connectivity index (χ0) is 12.6. The second-order valence-electron chi connectivity index (χ2n) is 5.28. The van der Waals surface area contributed by atoms with Gasteiger partial charge >= 0.3 is 0 Å². The smallest absolute Gasteiger partial charge is 0.165 e. The van der Waals surface area contributed by atoms with Gasteiger partial charge in [0, 0.05) is 5.56 Å². The zero-order valence-corrected chi connectivity index (χ0v) is 11.4. The maximum Gasteiger partial charge on any atom is 0.165 e. The Labute approximate surface area is 106 Å². The molecule has 0 saturated heterocycles. The molecule has 0 aliphatic rings.